The summed E-state index contributed by atoms with van der Waals surface area (Å²) in [5.74, 6) is 0. The molecule has 0 bridgehead atoms. The van der Waals surface area contributed by atoms with E-state index < -0.39 is 0 Å². The van der Waals surface area contributed by atoms with E-state index in [2.05, 4.69) is 26.1 Å². The molecule has 15 heavy (non-hydrogen) atoms. The quantitative estimate of drug-likeness (QED) is 0.892. The van der Waals surface area contributed by atoms with Crippen LogP contribution in [0.25, 0.3) is 11.3 Å². The van der Waals surface area contributed by atoms with Crippen molar-refractivity contribution in [3.63, 3.8) is 0 Å². The number of nitrogens with two attached hydrogens (primary N) is 1. The monoisotopic (exact) mass is 285 g/mol. The first-order valence-electron chi connectivity index (χ1n) is 4.40. The molecular formula is C10H9BrClN3. The zero-order chi connectivity index (χ0) is 10.8. The number of hydrogen-bond donors (Lipinski definition) is 2. The summed E-state index contributed by atoms with van der Waals surface area (Å²) in [4.78, 5) is 0. The summed E-state index contributed by atoms with van der Waals surface area (Å²) in [6, 6.07) is 7.57. The number of nitrogens with zero attached hydrogens (tertiary/aromatic N) is 1. The molecule has 0 saturated carbocycles. The van der Waals surface area contributed by atoms with Gasteiger partial charge in [0.25, 0.3) is 0 Å². The molecule has 1 aromatic carbocycles. The average Bonchev–Trinajstić information content (AvgIpc) is 2.64. The molecule has 2 aromatic rings. The van der Waals surface area contributed by atoms with Gasteiger partial charge in [-0.15, -0.1) is 0 Å². The van der Waals surface area contributed by atoms with Gasteiger partial charge < -0.3 is 5.73 Å². The van der Waals surface area contributed by atoms with Crippen LogP contribution in [0.15, 0.2) is 28.7 Å². The van der Waals surface area contributed by atoms with Crippen LogP contribution >= 0.6 is 27.5 Å². The van der Waals surface area contributed by atoms with E-state index in [0.717, 1.165) is 21.4 Å². The number of halogens is 2. The average molecular weight is 287 g/mol. The van der Waals surface area contributed by atoms with Gasteiger partial charge in [-0.3, -0.25) is 5.10 Å². The van der Waals surface area contributed by atoms with Gasteiger partial charge in [-0.05, 0) is 24.3 Å². The minimum atomic E-state index is 0.453. The van der Waals surface area contributed by atoms with Crippen LogP contribution in [-0.4, -0.2) is 10.2 Å². The molecule has 3 N–H and O–H groups in total. The van der Waals surface area contributed by atoms with E-state index in [1.54, 1.807) is 0 Å². The molecule has 78 valence electrons. The highest BCUT2D eigenvalue weighted by Crippen LogP contribution is 2.26. The number of aromatic amines is 1. The summed E-state index contributed by atoms with van der Waals surface area (Å²) in [6.07, 6.45) is 0. The summed E-state index contributed by atoms with van der Waals surface area (Å²) in [7, 11) is 0. The second kappa shape index (κ2) is 4.35. The maximum absolute atomic E-state index is 5.95. The minimum Gasteiger partial charge on any atom is -0.325 e. The zero-order valence-electron chi connectivity index (χ0n) is 7.80. The normalized spacial score (nSPS) is 10.6. The highest BCUT2D eigenvalue weighted by atomic mass is 79.9. The minimum absolute atomic E-state index is 0.453. The van der Waals surface area contributed by atoms with E-state index in [-0.39, 0.29) is 0 Å². The summed E-state index contributed by atoms with van der Waals surface area (Å²) >= 11 is 9.34. The Kier molecular flexibility index (Phi) is 3.09. The van der Waals surface area contributed by atoms with Crippen LogP contribution in [0.1, 0.15) is 5.69 Å². The third kappa shape index (κ3) is 2.40. The van der Waals surface area contributed by atoms with Gasteiger partial charge in [0.1, 0.15) is 0 Å². The van der Waals surface area contributed by atoms with Gasteiger partial charge in [0.15, 0.2) is 0 Å². The van der Waals surface area contributed by atoms with Crippen LogP contribution in [0.5, 0.6) is 0 Å². The Morgan fingerprint density at radius 1 is 1.33 bits per heavy atom. The van der Waals surface area contributed by atoms with E-state index in [0.29, 0.717) is 11.6 Å². The second-order valence-electron chi connectivity index (χ2n) is 3.14. The largest absolute Gasteiger partial charge is 0.325 e. The Labute approximate surface area is 101 Å². The Morgan fingerprint density at radius 3 is 2.73 bits per heavy atom. The van der Waals surface area contributed by atoms with Gasteiger partial charge in [-0.2, -0.15) is 5.10 Å². The molecule has 0 amide bonds. The summed E-state index contributed by atoms with van der Waals surface area (Å²) in [5, 5.41) is 7.69. The fourth-order valence-corrected chi connectivity index (χ4v) is 2.18. The van der Waals surface area contributed by atoms with Gasteiger partial charge in [-0.1, -0.05) is 27.5 Å². The first-order chi connectivity index (χ1) is 7.19. The SMILES string of the molecule is NCc1cc(-c2cc(Cl)cc(Br)c2)n[nH]1. The van der Waals surface area contributed by atoms with Crippen LogP contribution in [0.2, 0.25) is 5.02 Å². The van der Waals surface area contributed by atoms with Crippen molar-refractivity contribution < 1.29 is 0 Å². The Hall–Kier alpha value is -0.840. The lowest BCUT2D eigenvalue weighted by atomic mass is 10.1. The molecule has 0 saturated heterocycles. The Morgan fingerprint density at radius 2 is 2.13 bits per heavy atom. The first kappa shape index (κ1) is 10.7. The predicted molar refractivity (Wildman–Crippen MR) is 64.6 cm³/mol. The van der Waals surface area contributed by atoms with Gasteiger partial charge in [0, 0.05) is 27.3 Å². The number of hydrogen-bond acceptors (Lipinski definition) is 2. The second-order valence-corrected chi connectivity index (χ2v) is 4.49. The van der Waals surface area contributed by atoms with Gasteiger partial charge in [-0.25, -0.2) is 0 Å². The highest BCUT2D eigenvalue weighted by Gasteiger charge is 2.04. The van der Waals surface area contributed by atoms with E-state index in [1.165, 1.54) is 0 Å². The molecule has 2 rings (SSSR count). The van der Waals surface area contributed by atoms with Crippen molar-refractivity contribution in [2.24, 2.45) is 5.73 Å². The first-order valence-corrected chi connectivity index (χ1v) is 5.57. The van der Waals surface area contributed by atoms with Crippen molar-refractivity contribution in [1.29, 1.82) is 0 Å². The van der Waals surface area contributed by atoms with E-state index >= 15 is 0 Å². The van der Waals surface area contributed by atoms with Crippen molar-refractivity contribution in [2.75, 3.05) is 0 Å². The van der Waals surface area contributed by atoms with Crippen LogP contribution in [0.3, 0.4) is 0 Å². The third-order valence-corrected chi connectivity index (χ3v) is 2.69. The van der Waals surface area contributed by atoms with Gasteiger partial charge in [0.05, 0.1) is 5.69 Å². The van der Waals surface area contributed by atoms with Crippen LogP contribution in [0, 0.1) is 0 Å². The smallest absolute Gasteiger partial charge is 0.0924 e. The maximum Gasteiger partial charge on any atom is 0.0924 e. The number of benzene rings is 1. The topological polar surface area (TPSA) is 54.7 Å². The third-order valence-electron chi connectivity index (χ3n) is 2.01. The highest BCUT2D eigenvalue weighted by molar-refractivity contribution is 9.10. The number of rotatable bonds is 2. The standard InChI is InChI=1S/C10H9BrClN3/c11-7-1-6(2-8(12)3-7)10-4-9(5-13)14-15-10/h1-4H,5,13H2,(H,14,15). The van der Waals surface area contributed by atoms with Gasteiger partial charge >= 0.3 is 0 Å². The van der Waals surface area contributed by atoms with Crippen LogP contribution in [-0.2, 0) is 6.54 Å². The number of aromatic nitrogens is 2. The molecule has 0 aliphatic rings. The van der Waals surface area contributed by atoms with Crippen molar-refractivity contribution in [3.05, 3.63) is 39.5 Å². The molecule has 1 aromatic heterocycles. The molecule has 0 fully saturated rings. The lowest BCUT2D eigenvalue weighted by molar-refractivity contribution is 0.948. The van der Waals surface area contributed by atoms with E-state index in [4.69, 9.17) is 17.3 Å². The molecule has 0 aliphatic carbocycles. The molecular weight excluding hydrogens is 277 g/mol. The van der Waals surface area contributed by atoms with Gasteiger partial charge in [0.2, 0.25) is 0 Å². The predicted octanol–water partition coefficient (Wildman–Crippen LogP) is 2.95. The summed E-state index contributed by atoms with van der Waals surface area (Å²) in [5.41, 5.74) is 8.21. The molecule has 0 unspecified atom stereocenters. The number of H-pyrrole nitrogens is 1. The fraction of sp³-hybridized carbons (Fsp3) is 0.100. The van der Waals surface area contributed by atoms with Crippen LogP contribution in [0.4, 0.5) is 0 Å². The van der Waals surface area contributed by atoms with Crippen molar-refractivity contribution in [3.8, 4) is 11.3 Å². The molecule has 0 radical (unpaired) electrons. The molecule has 0 atom stereocenters. The van der Waals surface area contributed by atoms with Crippen molar-refractivity contribution in [2.45, 2.75) is 6.54 Å². The van der Waals surface area contributed by atoms with Crippen LogP contribution < -0.4 is 5.73 Å². The molecule has 5 heteroatoms. The molecule has 3 nitrogen and oxygen atoms in total. The lowest BCUT2D eigenvalue weighted by Crippen LogP contribution is -1.95. The molecule has 0 aliphatic heterocycles. The maximum atomic E-state index is 5.95. The molecule has 1 heterocycles. The Bertz CT molecular complexity index is 461. The van der Waals surface area contributed by atoms with E-state index in [1.807, 2.05) is 24.3 Å². The number of nitrogens with one attached hydrogen (secondary N) is 1. The zero-order valence-corrected chi connectivity index (χ0v) is 10.1. The van der Waals surface area contributed by atoms with Crippen molar-refractivity contribution in [1.82, 2.24) is 10.2 Å². The van der Waals surface area contributed by atoms with E-state index in [9.17, 15) is 0 Å². The molecule has 0 spiro atoms. The Balaban J connectivity index is 2.44. The summed E-state index contributed by atoms with van der Waals surface area (Å²) < 4.78 is 0.933. The van der Waals surface area contributed by atoms with Crippen molar-refractivity contribution >= 4 is 27.5 Å². The fourth-order valence-electron chi connectivity index (χ4n) is 1.32. The summed E-state index contributed by atoms with van der Waals surface area (Å²) in [6.45, 7) is 0.453. The lowest BCUT2D eigenvalue weighted by Gasteiger charge is -1.98.